The van der Waals surface area contributed by atoms with E-state index in [1.165, 1.54) is 5.56 Å². The van der Waals surface area contributed by atoms with Gasteiger partial charge < -0.3 is 9.80 Å². The minimum atomic E-state index is -0.0278. The van der Waals surface area contributed by atoms with Crippen molar-refractivity contribution in [3.05, 3.63) is 76.1 Å². The number of fused-ring (bicyclic) bond motifs is 1. The van der Waals surface area contributed by atoms with Crippen molar-refractivity contribution < 1.29 is 14.2 Å². The molecule has 0 N–H and O–H groups in total. The number of nitrogens with zero attached hydrogens (tertiary/aromatic N) is 5. The summed E-state index contributed by atoms with van der Waals surface area (Å²) < 4.78 is 4.82. The van der Waals surface area contributed by atoms with Crippen molar-refractivity contribution in [2.24, 2.45) is 5.92 Å². The average molecular weight is 536 g/mol. The molecule has 0 spiro atoms. The SMILES string of the molecule is Cc1nonc1CC(=O)N1CCCN(Cc2ccc(Cl)cc2)CCCN(C(=O)C2CC2)c2ccccc2C1. The number of aromatic nitrogens is 2. The smallest absolute Gasteiger partial charge is 0.230 e. The fourth-order valence-electron chi connectivity index (χ4n) is 5.03. The summed E-state index contributed by atoms with van der Waals surface area (Å²) in [4.78, 5) is 33.1. The zero-order valence-corrected chi connectivity index (χ0v) is 22.6. The van der Waals surface area contributed by atoms with Gasteiger partial charge in [0, 0.05) is 55.9 Å². The summed E-state index contributed by atoms with van der Waals surface area (Å²) in [6.07, 6.45) is 3.76. The Balaban J connectivity index is 1.41. The maximum Gasteiger partial charge on any atom is 0.230 e. The van der Waals surface area contributed by atoms with E-state index >= 15 is 0 Å². The Morgan fingerprint density at radius 1 is 0.974 bits per heavy atom. The molecule has 38 heavy (non-hydrogen) atoms. The van der Waals surface area contributed by atoms with Crippen molar-refractivity contribution in [3.63, 3.8) is 0 Å². The number of halogens is 1. The normalized spacial score (nSPS) is 17.4. The summed E-state index contributed by atoms with van der Waals surface area (Å²) in [5.41, 5.74) is 4.28. The minimum absolute atomic E-state index is 0.0278. The van der Waals surface area contributed by atoms with Crippen LogP contribution in [-0.4, -0.2) is 58.1 Å². The predicted molar refractivity (Wildman–Crippen MR) is 146 cm³/mol. The number of hydrogen-bond donors (Lipinski definition) is 0. The number of carbonyl (C=O) groups excluding carboxylic acids is 2. The lowest BCUT2D eigenvalue weighted by Gasteiger charge is -2.32. The quantitative estimate of drug-likeness (QED) is 0.473. The summed E-state index contributed by atoms with van der Waals surface area (Å²) in [6, 6.07) is 16.0. The maximum absolute atomic E-state index is 13.5. The molecule has 0 saturated heterocycles. The average Bonchev–Trinajstić information content (AvgIpc) is 3.69. The molecule has 5 rings (SSSR count). The van der Waals surface area contributed by atoms with Crippen molar-refractivity contribution in [2.75, 3.05) is 31.1 Å². The maximum atomic E-state index is 13.5. The third-order valence-corrected chi connectivity index (χ3v) is 7.58. The summed E-state index contributed by atoms with van der Waals surface area (Å²) in [7, 11) is 0. The molecule has 200 valence electrons. The van der Waals surface area contributed by atoms with E-state index in [4.69, 9.17) is 16.2 Å². The molecule has 9 heteroatoms. The molecular formula is C29H34ClN5O3. The molecule has 1 fully saturated rings. The Labute approximate surface area is 228 Å². The van der Waals surface area contributed by atoms with Gasteiger partial charge in [-0.3, -0.25) is 14.5 Å². The first-order chi connectivity index (χ1) is 18.5. The zero-order chi connectivity index (χ0) is 26.5. The van der Waals surface area contributed by atoms with E-state index in [-0.39, 0.29) is 24.2 Å². The van der Waals surface area contributed by atoms with Gasteiger partial charge in [0.1, 0.15) is 11.4 Å². The highest BCUT2D eigenvalue weighted by Crippen LogP contribution is 2.34. The Morgan fingerprint density at radius 3 is 2.42 bits per heavy atom. The van der Waals surface area contributed by atoms with Gasteiger partial charge in [0.05, 0.1) is 6.42 Å². The number of amides is 2. The zero-order valence-electron chi connectivity index (χ0n) is 21.8. The van der Waals surface area contributed by atoms with Crippen LogP contribution < -0.4 is 4.90 Å². The summed E-state index contributed by atoms with van der Waals surface area (Å²) in [5.74, 6) is 0.280. The fourth-order valence-corrected chi connectivity index (χ4v) is 5.15. The van der Waals surface area contributed by atoms with Gasteiger partial charge in [0.15, 0.2) is 0 Å². The van der Waals surface area contributed by atoms with Gasteiger partial charge in [0.2, 0.25) is 11.8 Å². The van der Waals surface area contributed by atoms with Crippen LogP contribution in [0.2, 0.25) is 5.02 Å². The molecule has 0 atom stereocenters. The summed E-state index contributed by atoms with van der Waals surface area (Å²) >= 11 is 6.10. The third kappa shape index (κ3) is 6.60. The lowest BCUT2D eigenvalue weighted by Crippen LogP contribution is -2.39. The lowest BCUT2D eigenvalue weighted by molar-refractivity contribution is -0.131. The first-order valence-corrected chi connectivity index (χ1v) is 13.8. The molecule has 8 nitrogen and oxygen atoms in total. The van der Waals surface area contributed by atoms with Crippen molar-refractivity contribution >= 4 is 29.1 Å². The molecular weight excluding hydrogens is 502 g/mol. The number of rotatable bonds is 5. The molecule has 2 aromatic carbocycles. The summed E-state index contributed by atoms with van der Waals surface area (Å²) in [5, 5.41) is 8.47. The van der Waals surface area contributed by atoms with Gasteiger partial charge in [-0.25, -0.2) is 4.63 Å². The highest BCUT2D eigenvalue weighted by atomic mass is 35.5. The topological polar surface area (TPSA) is 82.8 Å². The van der Waals surface area contributed by atoms with Crippen LogP contribution in [-0.2, 0) is 29.1 Å². The van der Waals surface area contributed by atoms with Crippen LogP contribution in [0.4, 0.5) is 5.69 Å². The van der Waals surface area contributed by atoms with E-state index < -0.39 is 0 Å². The number of para-hydroxylation sites is 1. The van der Waals surface area contributed by atoms with Crippen LogP contribution in [0, 0.1) is 12.8 Å². The van der Waals surface area contributed by atoms with E-state index in [0.29, 0.717) is 31.0 Å². The van der Waals surface area contributed by atoms with Crippen LogP contribution in [0.15, 0.2) is 53.2 Å². The first-order valence-electron chi connectivity index (χ1n) is 13.4. The van der Waals surface area contributed by atoms with Crippen LogP contribution in [0.3, 0.4) is 0 Å². The molecule has 0 unspecified atom stereocenters. The van der Waals surface area contributed by atoms with Crippen LogP contribution in [0.5, 0.6) is 0 Å². The number of carbonyl (C=O) groups is 2. The van der Waals surface area contributed by atoms with E-state index in [9.17, 15) is 9.59 Å². The second kappa shape index (κ2) is 12.1. The Morgan fingerprint density at radius 2 is 1.71 bits per heavy atom. The second-order valence-electron chi connectivity index (χ2n) is 10.3. The Hall–Kier alpha value is -3.23. The van der Waals surface area contributed by atoms with Crippen molar-refractivity contribution in [1.82, 2.24) is 20.1 Å². The third-order valence-electron chi connectivity index (χ3n) is 7.33. The van der Waals surface area contributed by atoms with Crippen LogP contribution >= 0.6 is 11.6 Å². The van der Waals surface area contributed by atoms with E-state index in [0.717, 1.165) is 61.6 Å². The molecule has 2 heterocycles. The van der Waals surface area contributed by atoms with E-state index in [2.05, 4.69) is 27.3 Å². The minimum Gasteiger partial charge on any atom is -0.338 e. The molecule has 0 bridgehead atoms. The van der Waals surface area contributed by atoms with Gasteiger partial charge in [-0.15, -0.1) is 0 Å². The van der Waals surface area contributed by atoms with Gasteiger partial charge in [-0.1, -0.05) is 52.2 Å². The van der Waals surface area contributed by atoms with E-state index in [1.807, 2.05) is 46.2 Å². The molecule has 2 aliphatic rings. The largest absolute Gasteiger partial charge is 0.338 e. The fraction of sp³-hybridized carbons (Fsp3) is 0.448. The molecule has 2 amide bonds. The van der Waals surface area contributed by atoms with Crippen LogP contribution in [0.25, 0.3) is 0 Å². The second-order valence-corrected chi connectivity index (χ2v) is 10.7. The van der Waals surface area contributed by atoms with Gasteiger partial charge in [0.25, 0.3) is 0 Å². The number of benzene rings is 2. The molecule has 1 saturated carbocycles. The molecule has 1 aliphatic heterocycles. The van der Waals surface area contributed by atoms with Gasteiger partial charge in [-0.05, 0) is 61.9 Å². The molecule has 0 radical (unpaired) electrons. The van der Waals surface area contributed by atoms with E-state index in [1.54, 1.807) is 6.92 Å². The van der Waals surface area contributed by atoms with Crippen molar-refractivity contribution in [2.45, 2.75) is 52.1 Å². The van der Waals surface area contributed by atoms with Gasteiger partial charge in [-0.2, -0.15) is 0 Å². The van der Waals surface area contributed by atoms with Crippen LogP contribution in [0.1, 0.15) is 48.2 Å². The Bertz CT molecular complexity index is 1260. The highest BCUT2D eigenvalue weighted by Gasteiger charge is 2.35. The van der Waals surface area contributed by atoms with Crippen molar-refractivity contribution in [1.29, 1.82) is 0 Å². The first kappa shape index (κ1) is 26.4. The summed E-state index contributed by atoms with van der Waals surface area (Å²) in [6.45, 7) is 5.98. The predicted octanol–water partition coefficient (Wildman–Crippen LogP) is 4.64. The highest BCUT2D eigenvalue weighted by molar-refractivity contribution is 6.30. The number of anilines is 1. The lowest BCUT2D eigenvalue weighted by atomic mass is 10.1. The monoisotopic (exact) mass is 535 g/mol. The Kier molecular flexibility index (Phi) is 8.39. The standard InChI is InChI=1S/C29H34ClN5O3/c1-21-26(32-38-31-21)18-28(36)34-16-4-14-33(19-22-8-12-25(30)13-9-22)15-5-17-35(29(37)23-10-11-23)27-7-3-2-6-24(27)20-34/h2-3,6-9,12-13,23H,4-5,10-11,14-20H2,1H3. The van der Waals surface area contributed by atoms with Crippen molar-refractivity contribution in [3.8, 4) is 0 Å². The number of aryl methyl sites for hydroxylation is 1. The number of hydrogen-bond acceptors (Lipinski definition) is 6. The van der Waals surface area contributed by atoms with Gasteiger partial charge >= 0.3 is 0 Å². The molecule has 3 aromatic rings. The molecule has 1 aromatic heterocycles. The molecule has 1 aliphatic carbocycles.